The van der Waals surface area contributed by atoms with Crippen LogP contribution in [0.25, 0.3) is 0 Å². The fraction of sp³-hybridized carbons (Fsp3) is 0.435. The molecule has 146 valence electrons. The zero-order valence-electron chi connectivity index (χ0n) is 17.1. The average molecular weight is 370 g/mol. The number of para-hydroxylation sites is 2. The molecule has 2 aromatic carbocycles. The van der Waals surface area contributed by atoms with Crippen molar-refractivity contribution in [3.8, 4) is 11.5 Å². The van der Waals surface area contributed by atoms with E-state index in [4.69, 9.17) is 9.47 Å². The third-order valence-electron chi connectivity index (χ3n) is 4.22. The summed E-state index contributed by atoms with van der Waals surface area (Å²) in [4.78, 5) is 12.4. The molecule has 4 nitrogen and oxygen atoms in total. The molecular weight excluding hydrogens is 338 g/mol. The van der Waals surface area contributed by atoms with Gasteiger partial charge in [-0.3, -0.25) is 4.79 Å². The van der Waals surface area contributed by atoms with E-state index in [0.717, 1.165) is 24.2 Å². The molecule has 0 atom stereocenters. The van der Waals surface area contributed by atoms with Gasteiger partial charge in [-0.25, -0.2) is 0 Å². The van der Waals surface area contributed by atoms with Gasteiger partial charge >= 0.3 is 0 Å². The number of hydrogen-bond donors (Lipinski definition) is 1. The topological polar surface area (TPSA) is 47.6 Å². The van der Waals surface area contributed by atoms with Gasteiger partial charge in [-0.05, 0) is 42.5 Å². The third kappa shape index (κ3) is 6.31. The quantitative estimate of drug-likeness (QED) is 0.626. The zero-order valence-corrected chi connectivity index (χ0v) is 17.1. The van der Waals surface area contributed by atoms with Gasteiger partial charge in [0.15, 0.2) is 6.61 Å². The molecule has 2 rings (SSSR count). The van der Waals surface area contributed by atoms with E-state index in [9.17, 15) is 4.79 Å². The summed E-state index contributed by atoms with van der Waals surface area (Å²) in [5.41, 5.74) is 2.88. The minimum atomic E-state index is -0.207. The molecule has 0 fully saturated rings. The van der Waals surface area contributed by atoms with E-state index in [-0.39, 0.29) is 17.9 Å². The van der Waals surface area contributed by atoms with E-state index in [2.05, 4.69) is 46.0 Å². The van der Waals surface area contributed by atoms with E-state index in [1.807, 2.05) is 36.4 Å². The maximum Gasteiger partial charge on any atom is 0.262 e. The highest BCUT2D eigenvalue weighted by Gasteiger charge is 2.20. The van der Waals surface area contributed by atoms with Gasteiger partial charge in [-0.2, -0.15) is 0 Å². The lowest BCUT2D eigenvalue weighted by Gasteiger charge is -2.23. The molecule has 0 saturated carbocycles. The zero-order chi connectivity index (χ0) is 19.9. The van der Waals surface area contributed by atoms with Gasteiger partial charge in [0.05, 0.1) is 12.3 Å². The normalized spacial score (nSPS) is 11.1. The monoisotopic (exact) mass is 369 g/mol. The summed E-state index contributed by atoms with van der Waals surface area (Å²) in [6.45, 7) is 11.2. The summed E-state index contributed by atoms with van der Waals surface area (Å²) in [7, 11) is 0. The smallest absolute Gasteiger partial charge is 0.262 e. The van der Waals surface area contributed by atoms with Crippen LogP contribution in [0.3, 0.4) is 0 Å². The predicted molar refractivity (Wildman–Crippen MR) is 111 cm³/mol. The van der Waals surface area contributed by atoms with Gasteiger partial charge in [-0.15, -0.1) is 0 Å². The van der Waals surface area contributed by atoms with E-state index in [1.165, 1.54) is 5.56 Å². The second-order valence-electron chi connectivity index (χ2n) is 7.78. The van der Waals surface area contributed by atoms with Gasteiger partial charge < -0.3 is 14.8 Å². The van der Waals surface area contributed by atoms with E-state index in [0.29, 0.717) is 18.0 Å². The minimum Gasteiger partial charge on any atom is -0.491 e. The van der Waals surface area contributed by atoms with E-state index in [1.54, 1.807) is 0 Å². The van der Waals surface area contributed by atoms with Gasteiger partial charge in [0.2, 0.25) is 0 Å². The van der Waals surface area contributed by atoms with Crippen LogP contribution >= 0.6 is 0 Å². The van der Waals surface area contributed by atoms with Crippen LogP contribution in [-0.2, 0) is 10.2 Å². The summed E-state index contributed by atoms with van der Waals surface area (Å²) in [6, 6.07) is 13.5. The SMILES string of the molecule is CCCCOc1ccccc1NC(=O)COc1ccc(C)cc1C(C)(C)C. The summed E-state index contributed by atoms with van der Waals surface area (Å²) in [6.07, 6.45) is 2.05. The number of carbonyl (C=O) groups is 1. The molecule has 2 aromatic rings. The van der Waals surface area contributed by atoms with Gasteiger partial charge in [0.25, 0.3) is 5.91 Å². The number of rotatable bonds is 8. The number of aryl methyl sites for hydroxylation is 1. The molecule has 4 heteroatoms. The molecule has 0 heterocycles. The van der Waals surface area contributed by atoms with Gasteiger partial charge in [0, 0.05) is 0 Å². The Hall–Kier alpha value is -2.49. The number of nitrogens with one attached hydrogen (secondary N) is 1. The number of anilines is 1. The average Bonchev–Trinajstić information content (AvgIpc) is 2.61. The Morgan fingerprint density at radius 2 is 1.78 bits per heavy atom. The maximum atomic E-state index is 12.4. The summed E-state index contributed by atoms with van der Waals surface area (Å²) in [5.74, 6) is 1.22. The van der Waals surface area contributed by atoms with Crippen LogP contribution in [0.2, 0.25) is 0 Å². The molecule has 0 bridgehead atoms. The molecule has 0 saturated heterocycles. The molecule has 0 radical (unpaired) electrons. The predicted octanol–water partition coefficient (Wildman–Crippen LogP) is 5.49. The second kappa shape index (κ2) is 9.45. The Kier molecular flexibility index (Phi) is 7.28. The van der Waals surface area contributed by atoms with Crippen LogP contribution in [0, 0.1) is 6.92 Å². The first kappa shape index (κ1) is 20.8. The van der Waals surface area contributed by atoms with Crippen LogP contribution in [0.5, 0.6) is 11.5 Å². The van der Waals surface area contributed by atoms with Crippen LogP contribution in [0.15, 0.2) is 42.5 Å². The standard InChI is InChI=1S/C23H31NO3/c1-6-7-14-26-21-11-9-8-10-19(21)24-22(25)16-27-20-13-12-17(2)15-18(20)23(3,4)5/h8-13,15H,6-7,14,16H2,1-5H3,(H,24,25). The Balaban J connectivity index is 2.02. The lowest BCUT2D eigenvalue weighted by molar-refractivity contribution is -0.118. The van der Waals surface area contributed by atoms with Crippen molar-refractivity contribution in [2.75, 3.05) is 18.5 Å². The molecule has 0 aliphatic heterocycles. The Morgan fingerprint density at radius 3 is 2.48 bits per heavy atom. The molecule has 0 spiro atoms. The van der Waals surface area contributed by atoms with Crippen molar-refractivity contribution in [2.45, 2.75) is 52.9 Å². The fourth-order valence-electron chi connectivity index (χ4n) is 2.71. The van der Waals surface area contributed by atoms with Crippen LogP contribution < -0.4 is 14.8 Å². The molecule has 0 aliphatic rings. The molecule has 1 amide bonds. The summed E-state index contributed by atoms with van der Waals surface area (Å²) < 4.78 is 11.6. The minimum absolute atomic E-state index is 0.0462. The van der Waals surface area contributed by atoms with Crippen molar-refractivity contribution >= 4 is 11.6 Å². The van der Waals surface area contributed by atoms with Crippen LogP contribution in [0.4, 0.5) is 5.69 Å². The lowest BCUT2D eigenvalue weighted by Crippen LogP contribution is -2.22. The molecule has 27 heavy (non-hydrogen) atoms. The third-order valence-corrected chi connectivity index (χ3v) is 4.22. The van der Waals surface area contributed by atoms with Crippen molar-refractivity contribution in [3.63, 3.8) is 0 Å². The van der Waals surface area contributed by atoms with Crippen molar-refractivity contribution in [1.29, 1.82) is 0 Å². The Morgan fingerprint density at radius 1 is 1.04 bits per heavy atom. The maximum absolute atomic E-state index is 12.4. The number of hydrogen-bond acceptors (Lipinski definition) is 3. The molecule has 0 aromatic heterocycles. The highest BCUT2D eigenvalue weighted by atomic mass is 16.5. The Labute approximate surface area is 162 Å². The number of ether oxygens (including phenoxy) is 2. The number of carbonyl (C=O) groups excluding carboxylic acids is 1. The second-order valence-corrected chi connectivity index (χ2v) is 7.78. The summed E-state index contributed by atoms with van der Waals surface area (Å²) >= 11 is 0. The first-order chi connectivity index (χ1) is 12.8. The van der Waals surface area contributed by atoms with Crippen LogP contribution in [0.1, 0.15) is 51.7 Å². The van der Waals surface area contributed by atoms with Crippen molar-refractivity contribution in [3.05, 3.63) is 53.6 Å². The summed E-state index contributed by atoms with van der Waals surface area (Å²) in [5, 5.41) is 2.89. The molecule has 0 unspecified atom stereocenters. The van der Waals surface area contributed by atoms with Crippen LogP contribution in [-0.4, -0.2) is 19.1 Å². The largest absolute Gasteiger partial charge is 0.491 e. The highest BCUT2D eigenvalue weighted by Crippen LogP contribution is 2.32. The van der Waals surface area contributed by atoms with Crippen molar-refractivity contribution in [2.24, 2.45) is 0 Å². The first-order valence-electron chi connectivity index (χ1n) is 9.57. The van der Waals surface area contributed by atoms with E-state index >= 15 is 0 Å². The molecule has 1 N–H and O–H groups in total. The Bertz CT molecular complexity index is 762. The molecule has 0 aliphatic carbocycles. The van der Waals surface area contributed by atoms with Gasteiger partial charge in [-0.1, -0.05) is 63.9 Å². The van der Waals surface area contributed by atoms with E-state index < -0.39 is 0 Å². The number of unbranched alkanes of at least 4 members (excludes halogenated alkanes) is 1. The number of benzene rings is 2. The van der Waals surface area contributed by atoms with Crippen molar-refractivity contribution < 1.29 is 14.3 Å². The fourth-order valence-corrected chi connectivity index (χ4v) is 2.71. The highest BCUT2D eigenvalue weighted by molar-refractivity contribution is 5.93. The first-order valence-corrected chi connectivity index (χ1v) is 9.57. The van der Waals surface area contributed by atoms with Crippen molar-refractivity contribution in [1.82, 2.24) is 0 Å². The van der Waals surface area contributed by atoms with Gasteiger partial charge in [0.1, 0.15) is 11.5 Å². The number of amides is 1. The molecular formula is C23H31NO3. The lowest BCUT2D eigenvalue weighted by atomic mass is 9.85.